The molecule has 4 heteroatoms. The number of aryl methyl sites for hydroxylation is 1. The van der Waals surface area contributed by atoms with E-state index in [9.17, 15) is 4.79 Å². The van der Waals surface area contributed by atoms with Gasteiger partial charge in [0.15, 0.2) is 0 Å². The Morgan fingerprint density at radius 3 is 3.00 bits per heavy atom. The van der Waals surface area contributed by atoms with Crippen LogP contribution in [0.15, 0.2) is 18.3 Å². The van der Waals surface area contributed by atoms with Gasteiger partial charge in [-0.3, -0.25) is 10.1 Å². The molecule has 0 aromatic carbocycles. The minimum atomic E-state index is -0.269. The van der Waals surface area contributed by atoms with E-state index in [1.165, 1.54) is 12.8 Å². The van der Waals surface area contributed by atoms with Crippen molar-refractivity contribution in [3.63, 3.8) is 0 Å². The molecule has 0 fully saturated rings. The fraction of sp³-hybridized carbons (Fsp3) is 0.583. The fourth-order valence-corrected chi connectivity index (χ4v) is 1.59. The van der Waals surface area contributed by atoms with Crippen molar-refractivity contribution in [2.24, 2.45) is 0 Å². The van der Waals surface area contributed by atoms with Crippen LogP contribution in [0.2, 0.25) is 0 Å². The second kappa shape index (κ2) is 6.33. The fourth-order valence-electron chi connectivity index (χ4n) is 1.59. The number of nitrogens with zero attached hydrogens (tertiary/aromatic N) is 1. The SMILES string of the molecule is CCCn1cccc1CN[C@@H](C)C(=O)OC. The van der Waals surface area contributed by atoms with E-state index in [1.54, 1.807) is 6.92 Å². The van der Waals surface area contributed by atoms with Gasteiger partial charge in [0.2, 0.25) is 0 Å². The number of methoxy groups -OCH3 is 1. The molecule has 0 saturated carbocycles. The van der Waals surface area contributed by atoms with Crippen LogP contribution in [0.5, 0.6) is 0 Å². The van der Waals surface area contributed by atoms with E-state index < -0.39 is 0 Å². The zero-order valence-electron chi connectivity index (χ0n) is 10.2. The van der Waals surface area contributed by atoms with Gasteiger partial charge >= 0.3 is 5.97 Å². The molecule has 0 aliphatic heterocycles. The number of nitrogens with one attached hydrogen (secondary N) is 1. The van der Waals surface area contributed by atoms with Gasteiger partial charge in [0.25, 0.3) is 0 Å². The maximum absolute atomic E-state index is 11.2. The molecule has 1 heterocycles. The Kier molecular flexibility index (Phi) is 5.05. The third-order valence-electron chi connectivity index (χ3n) is 2.53. The van der Waals surface area contributed by atoms with Gasteiger partial charge < -0.3 is 9.30 Å². The highest BCUT2D eigenvalue weighted by molar-refractivity contribution is 5.75. The Morgan fingerprint density at radius 2 is 2.38 bits per heavy atom. The van der Waals surface area contributed by atoms with Crippen LogP contribution in [0, 0.1) is 0 Å². The van der Waals surface area contributed by atoms with Crippen LogP contribution in [-0.2, 0) is 22.6 Å². The molecule has 0 radical (unpaired) electrons. The summed E-state index contributed by atoms with van der Waals surface area (Å²) in [5.74, 6) is -0.228. The molecule has 1 N–H and O–H groups in total. The lowest BCUT2D eigenvalue weighted by molar-refractivity contribution is -0.142. The molecule has 1 aromatic rings. The first-order chi connectivity index (χ1) is 7.69. The molecular weight excluding hydrogens is 204 g/mol. The molecule has 90 valence electrons. The minimum absolute atomic E-state index is 0.228. The first-order valence-corrected chi connectivity index (χ1v) is 5.64. The largest absolute Gasteiger partial charge is 0.468 e. The van der Waals surface area contributed by atoms with Gasteiger partial charge in [0.05, 0.1) is 7.11 Å². The third-order valence-corrected chi connectivity index (χ3v) is 2.53. The van der Waals surface area contributed by atoms with Gasteiger partial charge in [-0.05, 0) is 25.5 Å². The number of carbonyl (C=O) groups is 1. The monoisotopic (exact) mass is 224 g/mol. The van der Waals surface area contributed by atoms with E-state index in [1.807, 2.05) is 6.07 Å². The number of hydrogen-bond donors (Lipinski definition) is 1. The molecule has 1 aromatic heterocycles. The summed E-state index contributed by atoms with van der Waals surface area (Å²) in [6, 6.07) is 3.82. The predicted octanol–water partition coefficient (Wildman–Crippen LogP) is 1.55. The highest BCUT2D eigenvalue weighted by atomic mass is 16.5. The van der Waals surface area contributed by atoms with Crippen molar-refractivity contribution >= 4 is 5.97 Å². The van der Waals surface area contributed by atoms with Gasteiger partial charge in [-0.1, -0.05) is 6.92 Å². The second-order valence-electron chi connectivity index (χ2n) is 3.82. The lowest BCUT2D eigenvalue weighted by atomic mass is 10.3. The van der Waals surface area contributed by atoms with Crippen molar-refractivity contribution in [2.45, 2.75) is 39.4 Å². The van der Waals surface area contributed by atoms with Crippen molar-refractivity contribution in [1.29, 1.82) is 0 Å². The number of rotatable bonds is 6. The zero-order valence-corrected chi connectivity index (χ0v) is 10.2. The molecule has 4 nitrogen and oxygen atoms in total. The number of esters is 1. The molecule has 0 saturated heterocycles. The van der Waals surface area contributed by atoms with Crippen LogP contribution >= 0.6 is 0 Å². The molecule has 0 unspecified atom stereocenters. The lowest BCUT2D eigenvalue weighted by Crippen LogP contribution is -2.34. The van der Waals surface area contributed by atoms with Crippen LogP contribution < -0.4 is 5.32 Å². The summed E-state index contributed by atoms with van der Waals surface area (Å²) < 4.78 is 6.84. The summed E-state index contributed by atoms with van der Waals surface area (Å²) in [6.07, 6.45) is 3.16. The Bertz CT molecular complexity index is 334. The van der Waals surface area contributed by atoms with Crippen molar-refractivity contribution in [3.8, 4) is 0 Å². The highest BCUT2D eigenvalue weighted by Gasteiger charge is 2.12. The smallest absolute Gasteiger partial charge is 0.322 e. The number of ether oxygens (including phenoxy) is 1. The average molecular weight is 224 g/mol. The molecule has 0 amide bonds. The average Bonchev–Trinajstić information content (AvgIpc) is 2.73. The van der Waals surface area contributed by atoms with Gasteiger partial charge in [-0.25, -0.2) is 0 Å². The summed E-state index contributed by atoms with van der Waals surface area (Å²) in [5, 5.41) is 3.14. The summed E-state index contributed by atoms with van der Waals surface area (Å²) in [4.78, 5) is 11.2. The van der Waals surface area contributed by atoms with Crippen LogP contribution in [-0.4, -0.2) is 23.7 Å². The second-order valence-corrected chi connectivity index (χ2v) is 3.82. The van der Waals surface area contributed by atoms with E-state index in [-0.39, 0.29) is 12.0 Å². The maximum Gasteiger partial charge on any atom is 0.322 e. The Hall–Kier alpha value is -1.29. The third kappa shape index (κ3) is 3.38. The highest BCUT2D eigenvalue weighted by Crippen LogP contribution is 2.03. The Balaban J connectivity index is 2.47. The lowest BCUT2D eigenvalue weighted by Gasteiger charge is -2.13. The van der Waals surface area contributed by atoms with Crippen molar-refractivity contribution in [2.75, 3.05) is 7.11 Å². The number of aromatic nitrogens is 1. The van der Waals surface area contributed by atoms with Crippen molar-refractivity contribution in [3.05, 3.63) is 24.0 Å². The summed E-state index contributed by atoms with van der Waals surface area (Å²) in [6.45, 7) is 5.65. The molecule has 0 bridgehead atoms. The van der Waals surface area contributed by atoms with E-state index in [0.717, 1.165) is 13.0 Å². The first-order valence-electron chi connectivity index (χ1n) is 5.64. The van der Waals surface area contributed by atoms with E-state index >= 15 is 0 Å². The Morgan fingerprint density at radius 1 is 1.62 bits per heavy atom. The topological polar surface area (TPSA) is 43.3 Å². The van der Waals surface area contributed by atoms with E-state index in [0.29, 0.717) is 6.54 Å². The molecular formula is C12H20N2O2. The minimum Gasteiger partial charge on any atom is -0.468 e. The molecule has 0 spiro atoms. The molecule has 16 heavy (non-hydrogen) atoms. The first kappa shape index (κ1) is 12.8. The van der Waals surface area contributed by atoms with Gasteiger partial charge in [0.1, 0.15) is 6.04 Å². The van der Waals surface area contributed by atoms with Gasteiger partial charge in [-0.15, -0.1) is 0 Å². The van der Waals surface area contributed by atoms with Crippen molar-refractivity contribution < 1.29 is 9.53 Å². The summed E-state index contributed by atoms with van der Waals surface area (Å²) in [7, 11) is 1.40. The number of carbonyl (C=O) groups excluding carboxylic acids is 1. The zero-order chi connectivity index (χ0) is 12.0. The molecule has 0 aliphatic carbocycles. The summed E-state index contributed by atoms with van der Waals surface area (Å²) >= 11 is 0. The Labute approximate surface area is 96.6 Å². The van der Waals surface area contributed by atoms with Crippen molar-refractivity contribution in [1.82, 2.24) is 9.88 Å². The van der Waals surface area contributed by atoms with E-state index in [4.69, 9.17) is 0 Å². The standard InChI is InChI=1S/C12H20N2O2/c1-4-7-14-8-5-6-11(14)9-13-10(2)12(15)16-3/h5-6,8,10,13H,4,7,9H2,1-3H3/t10-/m0/s1. The van der Waals surface area contributed by atoms with Crippen LogP contribution in [0.1, 0.15) is 26.0 Å². The molecule has 1 rings (SSSR count). The summed E-state index contributed by atoms with van der Waals surface area (Å²) in [5.41, 5.74) is 1.19. The quantitative estimate of drug-likeness (QED) is 0.745. The van der Waals surface area contributed by atoms with Gasteiger partial charge in [0, 0.05) is 25.0 Å². The van der Waals surface area contributed by atoms with Crippen LogP contribution in [0.3, 0.4) is 0 Å². The molecule has 1 atom stereocenters. The van der Waals surface area contributed by atoms with Crippen LogP contribution in [0.4, 0.5) is 0 Å². The van der Waals surface area contributed by atoms with Gasteiger partial charge in [-0.2, -0.15) is 0 Å². The van der Waals surface area contributed by atoms with Crippen LogP contribution in [0.25, 0.3) is 0 Å². The normalized spacial score (nSPS) is 12.4. The maximum atomic E-state index is 11.2. The number of hydrogen-bond acceptors (Lipinski definition) is 3. The molecule has 0 aliphatic rings. The predicted molar refractivity (Wildman–Crippen MR) is 63.0 cm³/mol. The van der Waals surface area contributed by atoms with E-state index in [2.05, 4.69) is 33.8 Å².